The Morgan fingerprint density at radius 3 is 2.31 bits per heavy atom. The predicted molar refractivity (Wildman–Crippen MR) is 96.2 cm³/mol. The van der Waals surface area contributed by atoms with E-state index in [9.17, 15) is 31.9 Å². The summed E-state index contributed by atoms with van der Waals surface area (Å²) in [5.74, 6) is -1.56. The second-order valence-corrected chi connectivity index (χ2v) is 6.02. The van der Waals surface area contributed by atoms with Gasteiger partial charge in [0.15, 0.2) is 0 Å². The van der Waals surface area contributed by atoms with Gasteiger partial charge in [0.1, 0.15) is 11.4 Å². The van der Waals surface area contributed by atoms with Crippen LogP contribution in [-0.4, -0.2) is 15.5 Å². The summed E-state index contributed by atoms with van der Waals surface area (Å²) in [5.41, 5.74) is -3.08. The van der Waals surface area contributed by atoms with E-state index >= 15 is 0 Å². The number of alkyl halides is 3. The lowest BCUT2D eigenvalue weighted by Crippen LogP contribution is -2.39. The number of benzene rings is 2. The molecule has 3 aromatic rings. The fourth-order valence-electron chi connectivity index (χ4n) is 2.56. The van der Waals surface area contributed by atoms with Crippen LogP contribution in [0.3, 0.4) is 0 Å². The van der Waals surface area contributed by atoms with Crippen molar-refractivity contribution in [3.05, 3.63) is 98.1 Å². The van der Waals surface area contributed by atoms with Gasteiger partial charge in [-0.25, -0.2) is 9.18 Å². The number of nitrogens with zero attached hydrogens (tertiary/aromatic N) is 1. The number of anilines is 1. The number of aromatic amines is 1. The van der Waals surface area contributed by atoms with Gasteiger partial charge >= 0.3 is 11.9 Å². The Labute approximate surface area is 160 Å². The Morgan fingerprint density at radius 2 is 1.69 bits per heavy atom. The molecule has 0 spiro atoms. The maximum atomic E-state index is 13.8. The molecule has 1 heterocycles. The maximum absolute atomic E-state index is 13.8. The molecular formula is C19H13F4N3O3. The summed E-state index contributed by atoms with van der Waals surface area (Å²) < 4.78 is 52.3. The third kappa shape index (κ3) is 4.42. The van der Waals surface area contributed by atoms with Gasteiger partial charge in [-0.1, -0.05) is 18.2 Å². The highest BCUT2D eigenvalue weighted by Crippen LogP contribution is 2.29. The van der Waals surface area contributed by atoms with Crippen LogP contribution in [0.1, 0.15) is 21.5 Å². The smallest absolute Gasteiger partial charge is 0.322 e. The lowest BCUT2D eigenvalue weighted by molar-refractivity contribution is -0.137. The summed E-state index contributed by atoms with van der Waals surface area (Å²) in [6.45, 7) is -0.401. The van der Waals surface area contributed by atoms with Gasteiger partial charge in [-0.05, 0) is 30.3 Å². The van der Waals surface area contributed by atoms with E-state index in [1.807, 2.05) is 0 Å². The number of hydrogen-bond acceptors (Lipinski definition) is 3. The van der Waals surface area contributed by atoms with E-state index < -0.39 is 46.8 Å². The first-order valence-electron chi connectivity index (χ1n) is 8.21. The largest absolute Gasteiger partial charge is 0.416 e. The van der Waals surface area contributed by atoms with Crippen LogP contribution in [-0.2, 0) is 12.7 Å². The van der Waals surface area contributed by atoms with Crippen molar-refractivity contribution in [2.24, 2.45) is 0 Å². The minimum absolute atomic E-state index is 0.0225. The molecule has 0 aliphatic rings. The Bertz CT molecular complexity index is 1160. The number of aromatic nitrogens is 2. The van der Waals surface area contributed by atoms with E-state index in [-0.39, 0.29) is 11.3 Å². The van der Waals surface area contributed by atoms with Gasteiger partial charge in [0.05, 0.1) is 12.1 Å². The summed E-state index contributed by atoms with van der Waals surface area (Å²) in [4.78, 5) is 39.1. The fraction of sp³-hybridized carbons (Fsp3) is 0.105. The molecule has 10 heteroatoms. The van der Waals surface area contributed by atoms with Crippen LogP contribution in [0.2, 0.25) is 0 Å². The molecule has 0 aliphatic carbocycles. The Morgan fingerprint density at radius 1 is 1.03 bits per heavy atom. The standard InChI is InChI=1S/C19H13F4N3O3/c20-15-4-2-1-3-11(15)10-26-17(28)14(9-24-18(26)29)16(27)25-13-7-5-12(6-8-13)19(21,22)23/h1-9H,10H2,(H,24,29)(H,25,27). The van der Waals surface area contributed by atoms with Gasteiger partial charge in [-0.2, -0.15) is 13.2 Å². The topological polar surface area (TPSA) is 84.0 Å². The minimum Gasteiger partial charge on any atom is -0.322 e. The summed E-state index contributed by atoms with van der Waals surface area (Å²) in [6.07, 6.45) is -3.64. The van der Waals surface area contributed by atoms with Gasteiger partial charge in [0.25, 0.3) is 11.5 Å². The van der Waals surface area contributed by atoms with Crippen molar-refractivity contribution < 1.29 is 22.4 Å². The molecule has 0 saturated carbocycles. The highest BCUT2D eigenvalue weighted by atomic mass is 19.4. The van der Waals surface area contributed by atoms with Crippen molar-refractivity contribution in [1.29, 1.82) is 0 Å². The summed E-state index contributed by atoms with van der Waals surface area (Å²) in [6, 6.07) is 9.14. The van der Waals surface area contributed by atoms with Crippen LogP contribution in [0.5, 0.6) is 0 Å². The molecule has 29 heavy (non-hydrogen) atoms. The molecule has 2 N–H and O–H groups in total. The van der Waals surface area contributed by atoms with Crippen LogP contribution in [0.4, 0.5) is 23.2 Å². The molecule has 0 unspecified atom stereocenters. The fourth-order valence-corrected chi connectivity index (χ4v) is 2.56. The van der Waals surface area contributed by atoms with Gasteiger partial charge in [-0.3, -0.25) is 14.2 Å². The third-order valence-electron chi connectivity index (χ3n) is 4.06. The van der Waals surface area contributed by atoms with Gasteiger partial charge in [0.2, 0.25) is 0 Å². The van der Waals surface area contributed by atoms with Crippen molar-refractivity contribution in [2.45, 2.75) is 12.7 Å². The van der Waals surface area contributed by atoms with Crippen LogP contribution in [0.15, 0.2) is 64.3 Å². The average Bonchev–Trinajstić information content (AvgIpc) is 2.66. The first-order valence-corrected chi connectivity index (χ1v) is 8.21. The van der Waals surface area contributed by atoms with Crippen molar-refractivity contribution in [3.63, 3.8) is 0 Å². The SMILES string of the molecule is O=C(Nc1ccc(C(F)(F)F)cc1)c1c[nH]c(=O)n(Cc2ccccc2F)c1=O. The second kappa shape index (κ2) is 7.74. The van der Waals surface area contributed by atoms with Crippen LogP contribution >= 0.6 is 0 Å². The molecule has 0 saturated heterocycles. The van der Waals surface area contributed by atoms with E-state index in [0.29, 0.717) is 4.57 Å². The van der Waals surface area contributed by atoms with Crippen molar-refractivity contribution in [2.75, 3.05) is 5.32 Å². The molecule has 3 rings (SSSR count). The third-order valence-corrected chi connectivity index (χ3v) is 4.06. The zero-order chi connectivity index (χ0) is 21.2. The number of amides is 1. The van der Waals surface area contributed by atoms with Crippen LogP contribution in [0, 0.1) is 5.82 Å². The summed E-state index contributed by atoms with van der Waals surface area (Å²) in [7, 11) is 0. The zero-order valence-corrected chi connectivity index (χ0v) is 14.6. The van der Waals surface area contributed by atoms with Gasteiger partial charge in [0, 0.05) is 17.4 Å². The number of nitrogens with one attached hydrogen (secondary N) is 2. The molecule has 2 aromatic carbocycles. The predicted octanol–water partition coefficient (Wildman–Crippen LogP) is 3.00. The highest BCUT2D eigenvalue weighted by molar-refractivity contribution is 6.03. The summed E-state index contributed by atoms with van der Waals surface area (Å²) in [5, 5.41) is 2.28. The molecule has 150 valence electrons. The normalized spacial score (nSPS) is 11.3. The molecule has 0 fully saturated rings. The number of hydrogen-bond donors (Lipinski definition) is 2. The number of rotatable bonds is 4. The zero-order valence-electron chi connectivity index (χ0n) is 14.6. The van der Waals surface area contributed by atoms with E-state index in [4.69, 9.17) is 0 Å². The average molecular weight is 407 g/mol. The van der Waals surface area contributed by atoms with E-state index in [1.165, 1.54) is 18.2 Å². The highest BCUT2D eigenvalue weighted by Gasteiger charge is 2.30. The Hall–Kier alpha value is -3.69. The molecule has 6 nitrogen and oxygen atoms in total. The van der Waals surface area contributed by atoms with Gasteiger partial charge < -0.3 is 10.3 Å². The minimum atomic E-state index is -4.53. The van der Waals surface area contributed by atoms with E-state index in [1.54, 1.807) is 0 Å². The van der Waals surface area contributed by atoms with Crippen molar-refractivity contribution in [1.82, 2.24) is 9.55 Å². The number of carbonyl (C=O) groups is 1. The molecule has 0 bridgehead atoms. The molecule has 0 atom stereocenters. The second-order valence-electron chi connectivity index (χ2n) is 6.02. The lowest BCUT2D eigenvalue weighted by atomic mass is 10.2. The van der Waals surface area contributed by atoms with E-state index in [0.717, 1.165) is 36.5 Å². The molecule has 0 radical (unpaired) electrons. The van der Waals surface area contributed by atoms with E-state index in [2.05, 4.69) is 10.3 Å². The number of halogens is 4. The maximum Gasteiger partial charge on any atom is 0.416 e. The number of carbonyl (C=O) groups excluding carboxylic acids is 1. The number of H-pyrrole nitrogens is 1. The first kappa shape index (κ1) is 20.1. The quantitative estimate of drug-likeness (QED) is 0.653. The first-order chi connectivity index (χ1) is 13.7. The Balaban J connectivity index is 1.87. The summed E-state index contributed by atoms with van der Waals surface area (Å²) >= 11 is 0. The van der Waals surface area contributed by atoms with Crippen LogP contribution < -0.4 is 16.6 Å². The van der Waals surface area contributed by atoms with Crippen molar-refractivity contribution >= 4 is 11.6 Å². The van der Waals surface area contributed by atoms with Crippen LogP contribution in [0.25, 0.3) is 0 Å². The lowest BCUT2D eigenvalue weighted by Gasteiger charge is -2.10. The molecule has 1 amide bonds. The molecule has 0 aliphatic heterocycles. The molecule has 1 aromatic heterocycles. The monoisotopic (exact) mass is 407 g/mol. The Kier molecular flexibility index (Phi) is 5.35. The van der Waals surface area contributed by atoms with Crippen molar-refractivity contribution in [3.8, 4) is 0 Å². The molecular weight excluding hydrogens is 394 g/mol. The van der Waals surface area contributed by atoms with Gasteiger partial charge in [-0.15, -0.1) is 0 Å².